The van der Waals surface area contributed by atoms with Crippen molar-refractivity contribution in [3.63, 3.8) is 0 Å². The number of Topliss-reactive ketones (excluding diaryl/α,β-unsaturated/α-hetero) is 1. The zero-order valence-electron chi connectivity index (χ0n) is 9.98. The van der Waals surface area contributed by atoms with Crippen molar-refractivity contribution in [1.82, 2.24) is 0 Å². The molecule has 0 radical (unpaired) electrons. The molecule has 4 heteroatoms. The van der Waals surface area contributed by atoms with E-state index in [1.54, 1.807) is 7.11 Å². The molecule has 1 heterocycles. The Morgan fingerprint density at radius 2 is 2.11 bits per heavy atom. The van der Waals surface area contributed by atoms with Crippen LogP contribution >= 0.6 is 22.9 Å². The number of hydrogen-bond acceptors (Lipinski definition) is 3. The molecule has 94 valence electrons. The summed E-state index contributed by atoms with van der Waals surface area (Å²) in [5, 5.41) is 0. The van der Waals surface area contributed by atoms with E-state index in [4.69, 9.17) is 16.3 Å². The second-order valence-electron chi connectivity index (χ2n) is 3.95. The minimum Gasteiger partial charge on any atom is -0.497 e. The van der Waals surface area contributed by atoms with Crippen molar-refractivity contribution in [2.45, 2.75) is 12.8 Å². The quantitative estimate of drug-likeness (QED) is 0.833. The fourth-order valence-electron chi connectivity index (χ4n) is 1.71. The van der Waals surface area contributed by atoms with Crippen LogP contribution in [0.4, 0.5) is 0 Å². The number of hydrogen-bond donors (Lipinski definition) is 0. The summed E-state index contributed by atoms with van der Waals surface area (Å²) in [4.78, 5) is 12.9. The number of rotatable bonds is 5. The largest absolute Gasteiger partial charge is 0.497 e. The van der Waals surface area contributed by atoms with Gasteiger partial charge in [-0.1, -0.05) is 23.7 Å². The van der Waals surface area contributed by atoms with Crippen LogP contribution in [-0.4, -0.2) is 12.9 Å². The van der Waals surface area contributed by atoms with Crippen molar-refractivity contribution in [1.29, 1.82) is 0 Å². The Morgan fingerprint density at radius 1 is 1.28 bits per heavy atom. The first kappa shape index (κ1) is 13.1. The summed E-state index contributed by atoms with van der Waals surface area (Å²) in [6.45, 7) is 0. The van der Waals surface area contributed by atoms with Crippen molar-refractivity contribution in [3.8, 4) is 5.75 Å². The van der Waals surface area contributed by atoms with Gasteiger partial charge in [-0.25, -0.2) is 0 Å². The number of thiophene rings is 1. The molecule has 0 saturated carbocycles. The average molecular weight is 281 g/mol. The van der Waals surface area contributed by atoms with Crippen LogP contribution in [0.3, 0.4) is 0 Å². The zero-order chi connectivity index (χ0) is 13.0. The molecule has 0 amide bonds. The number of methoxy groups -OCH3 is 1. The van der Waals surface area contributed by atoms with Gasteiger partial charge in [-0.2, -0.15) is 0 Å². The molecule has 0 aliphatic rings. The molecule has 2 aromatic rings. The third-order valence-electron chi connectivity index (χ3n) is 2.54. The van der Waals surface area contributed by atoms with Crippen LogP contribution in [0.5, 0.6) is 5.75 Å². The Labute approximate surface area is 115 Å². The van der Waals surface area contributed by atoms with Crippen molar-refractivity contribution < 1.29 is 9.53 Å². The lowest BCUT2D eigenvalue weighted by Crippen LogP contribution is -2.05. The highest BCUT2D eigenvalue weighted by molar-refractivity contribution is 7.16. The fourth-order valence-corrected chi connectivity index (χ4v) is 2.83. The highest BCUT2D eigenvalue weighted by Crippen LogP contribution is 2.22. The lowest BCUT2D eigenvalue weighted by Gasteiger charge is -2.03. The molecular weight excluding hydrogens is 268 g/mol. The maximum Gasteiger partial charge on any atom is 0.142 e. The predicted octanol–water partition coefficient (Wildman–Crippen LogP) is 3.76. The van der Waals surface area contributed by atoms with Gasteiger partial charge in [-0.15, -0.1) is 11.3 Å². The molecule has 0 atom stereocenters. The number of ether oxygens (including phenoxy) is 1. The van der Waals surface area contributed by atoms with Gasteiger partial charge in [-0.3, -0.25) is 4.79 Å². The van der Waals surface area contributed by atoms with Crippen LogP contribution in [-0.2, 0) is 17.6 Å². The van der Waals surface area contributed by atoms with Crippen molar-refractivity contribution >= 4 is 28.7 Å². The highest BCUT2D eigenvalue weighted by atomic mass is 35.5. The molecular formula is C14H13ClO2S. The van der Waals surface area contributed by atoms with Crippen LogP contribution in [0.1, 0.15) is 10.4 Å². The summed E-state index contributed by atoms with van der Waals surface area (Å²) in [7, 11) is 1.62. The first-order valence-electron chi connectivity index (χ1n) is 5.56. The predicted molar refractivity (Wildman–Crippen MR) is 74.7 cm³/mol. The normalized spacial score (nSPS) is 10.3. The minimum absolute atomic E-state index is 0.182. The summed E-state index contributed by atoms with van der Waals surface area (Å²) in [5.41, 5.74) is 0.974. The summed E-state index contributed by atoms with van der Waals surface area (Å²) >= 11 is 7.29. The molecule has 1 aromatic heterocycles. The standard InChI is InChI=1S/C14H13ClO2S/c1-17-12-4-2-3-10(8-12)7-11(16)9-13-5-6-14(15)18-13/h2-6,8H,7,9H2,1H3. The van der Waals surface area contributed by atoms with E-state index in [0.717, 1.165) is 20.5 Å². The van der Waals surface area contributed by atoms with Crippen LogP contribution in [0.2, 0.25) is 4.34 Å². The van der Waals surface area contributed by atoms with E-state index in [1.165, 1.54) is 11.3 Å². The molecule has 2 nitrogen and oxygen atoms in total. The van der Waals surface area contributed by atoms with Crippen molar-refractivity contribution in [2.75, 3.05) is 7.11 Å². The topological polar surface area (TPSA) is 26.3 Å². The highest BCUT2D eigenvalue weighted by Gasteiger charge is 2.07. The second kappa shape index (κ2) is 6.03. The van der Waals surface area contributed by atoms with Gasteiger partial charge < -0.3 is 4.74 Å². The zero-order valence-corrected chi connectivity index (χ0v) is 11.6. The SMILES string of the molecule is COc1cccc(CC(=O)Cc2ccc(Cl)s2)c1. The molecule has 0 bridgehead atoms. The van der Waals surface area contributed by atoms with Gasteiger partial charge in [0.05, 0.1) is 11.4 Å². The van der Waals surface area contributed by atoms with Crippen LogP contribution in [0, 0.1) is 0 Å². The fraction of sp³-hybridized carbons (Fsp3) is 0.214. The first-order valence-corrected chi connectivity index (χ1v) is 6.75. The molecule has 0 fully saturated rings. The van der Waals surface area contributed by atoms with E-state index >= 15 is 0 Å². The van der Waals surface area contributed by atoms with Crippen LogP contribution < -0.4 is 4.74 Å². The van der Waals surface area contributed by atoms with Gasteiger partial charge in [0.2, 0.25) is 0 Å². The van der Waals surface area contributed by atoms with E-state index in [2.05, 4.69) is 0 Å². The Kier molecular flexibility index (Phi) is 4.39. The van der Waals surface area contributed by atoms with Gasteiger partial charge >= 0.3 is 0 Å². The van der Waals surface area contributed by atoms with E-state index in [9.17, 15) is 4.79 Å². The van der Waals surface area contributed by atoms with Gasteiger partial charge in [-0.05, 0) is 29.8 Å². The monoisotopic (exact) mass is 280 g/mol. The van der Waals surface area contributed by atoms with E-state index in [1.807, 2.05) is 36.4 Å². The molecule has 0 aliphatic heterocycles. The molecule has 1 aromatic carbocycles. The lowest BCUT2D eigenvalue weighted by atomic mass is 10.1. The molecule has 0 N–H and O–H groups in total. The number of benzene rings is 1. The maximum atomic E-state index is 11.9. The van der Waals surface area contributed by atoms with E-state index in [0.29, 0.717) is 12.8 Å². The Bertz CT molecular complexity index is 548. The van der Waals surface area contributed by atoms with Gasteiger partial charge in [0.25, 0.3) is 0 Å². The Hall–Kier alpha value is -1.32. The molecule has 0 spiro atoms. The number of ketones is 1. The third-order valence-corrected chi connectivity index (χ3v) is 3.77. The minimum atomic E-state index is 0.182. The maximum absolute atomic E-state index is 11.9. The molecule has 0 unspecified atom stereocenters. The number of halogens is 1. The summed E-state index contributed by atoms with van der Waals surface area (Å²) < 4.78 is 5.85. The Morgan fingerprint density at radius 3 is 2.78 bits per heavy atom. The Balaban J connectivity index is 1.98. The first-order chi connectivity index (χ1) is 8.67. The molecule has 0 aliphatic carbocycles. The number of carbonyl (C=O) groups excluding carboxylic acids is 1. The third kappa shape index (κ3) is 3.59. The van der Waals surface area contributed by atoms with Crippen molar-refractivity contribution in [3.05, 3.63) is 51.2 Å². The smallest absolute Gasteiger partial charge is 0.142 e. The van der Waals surface area contributed by atoms with E-state index < -0.39 is 0 Å². The molecule has 2 rings (SSSR count). The summed E-state index contributed by atoms with van der Waals surface area (Å²) in [5.74, 6) is 0.959. The van der Waals surface area contributed by atoms with Crippen molar-refractivity contribution in [2.24, 2.45) is 0 Å². The van der Waals surface area contributed by atoms with Gasteiger partial charge in [0, 0.05) is 17.7 Å². The summed E-state index contributed by atoms with van der Waals surface area (Å²) in [6, 6.07) is 11.3. The number of carbonyl (C=O) groups is 1. The molecule has 18 heavy (non-hydrogen) atoms. The van der Waals surface area contributed by atoms with E-state index in [-0.39, 0.29) is 5.78 Å². The molecule has 0 saturated heterocycles. The average Bonchev–Trinajstić information content (AvgIpc) is 2.74. The van der Waals surface area contributed by atoms with Gasteiger partial charge in [0.15, 0.2) is 0 Å². The van der Waals surface area contributed by atoms with Crippen LogP contribution in [0.15, 0.2) is 36.4 Å². The van der Waals surface area contributed by atoms with Crippen LogP contribution in [0.25, 0.3) is 0 Å². The van der Waals surface area contributed by atoms with Gasteiger partial charge in [0.1, 0.15) is 11.5 Å². The second-order valence-corrected chi connectivity index (χ2v) is 5.75. The lowest BCUT2D eigenvalue weighted by molar-refractivity contribution is -0.117. The summed E-state index contributed by atoms with van der Waals surface area (Å²) in [6.07, 6.45) is 0.862.